The molecule has 0 aliphatic rings. The maximum Gasteiger partial charge on any atom is 0.260 e. The maximum absolute atomic E-state index is 13.7. The Morgan fingerprint density at radius 2 is 1.64 bits per heavy atom. The van der Waals surface area contributed by atoms with Crippen LogP contribution in [0.2, 0.25) is 0 Å². The van der Waals surface area contributed by atoms with E-state index in [-0.39, 0.29) is 18.3 Å². The van der Waals surface area contributed by atoms with Gasteiger partial charge in [-0.15, -0.1) is 12.4 Å². The molecular formula is C25H28ClN3O3S. The van der Waals surface area contributed by atoms with E-state index < -0.39 is 0 Å². The monoisotopic (exact) mass is 485 g/mol. The molecule has 174 valence electrons. The Morgan fingerprint density at radius 3 is 2.33 bits per heavy atom. The Bertz CT molecular complexity index is 1220. The molecule has 0 aliphatic carbocycles. The zero-order valence-corrected chi connectivity index (χ0v) is 20.8. The smallest absolute Gasteiger partial charge is 0.260 e. The van der Waals surface area contributed by atoms with Crippen molar-refractivity contribution in [2.75, 3.05) is 46.3 Å². The summed E-state index contributed by atoms with van der Waals surface area (Å²) in [5.41, 5.74) is 1.35. The van der Waals surface area contributed by atoms with Gasteiger partial charge in [-0.05, 0) is 62.1 Å². The van der Waals surface area contributed by atoms with Crippen molar-refractivity contribution >= 4 is 55.8 Å². The lowest BCUT2D eigenvalue weighted by molar-refractivity contribution is 0.0986. The van der Waals surface area contributed by atoms with Crippen molar-refractivity contribution in [2.45, 2.75) is 6.42 Å². The van der Waals surface area contributed by atoms with Gasteiger partial charge in [0, 0.05) is 12.1 Å². The topological polar surface area (TPSA) is 54.9 Å². The highest BCUT2D eigenvalue weighted by atomic mass is 35.5. The summed E-state index contributed by atoms with van der Waals surface area (Å²) in [7, 11) is 7.32. The minimum absolute atomic E-state index is 0. The summed E-state index contributed by atoms with van der Waals surface area (Å²) in [6.07, 6.45) is 0.830. The number of halogens is 1. The summed E-state index contributed by atoms with van der Waals surface area (Å²) >= 11 is 1.45. The Labute approximate surface area is 204 Å². The van der Waals surface area contributed by atoms with Gasteiger partial charge in [-0.1, -0.05) is 41.7 Å². The van der Waals surface area contributed by atoms with Crippen molar-refractivity contribution in [2.24, 2.45) is 0 Å². The van der Waals surface area contributed by atoms with E-state index in [0.29, 0.717) is 28.5 Å². The van der Waals surface area contributed by atoms with E-state index in [2.05, 4.69) is 4.90 Å². The molecule has 4 aromatic rings. The number of hydrogen-bond donors (Lipinski definition) is 0. The average molecular weight is 486 g/mol. The molecule has 0 bridgehead atoms. The van der Waals surface area contributed by atoms with Gasteiger partial charge in [0.05, 0.1) is 14.2 Å². The average Bonchev–Trinajstić information content (AvgIpc) is 3.25. The van der Waals surface area contributed by atoms with E-state index in [1.807, 2.05) is 68.7 Å². The van der Waals surface area contributed by atoms with E-state index in [1.165, 1.54) is 11.3 Å². The number of nitrogens with zero attached hydrogens (tertiary/aromatic N) is 3. The molecule has 4 rings (SSSR count). The number of ether oxygens (including phenoxy) is 2. The lowest BCUT2D eigenvalue weighted by Gasteiger charge is -2.21. The van der Waals surface area contributed by atoms with E-state index in [1.54, 1.807) is 19.1 Å². The molecule has 1 aromatic heterocycles. The fraction of sp³-hybridized carbons (Fsp3) is 0.280. The van der Waals surface area contributed by atoms with Crippen molar-refractivity contribution < 1.29 is 14.3 Å². The van der Waals surface area contributed by atoms with Crippen LogP contribution in [0.25, 0.3) is 21.0 Å². The van der Waals surface area contributed by atoms with Gasteiger partial charge in [0.1, 0.15) is 21.7 Å². The summed E-state index contributed by atoms with van der Waals surface area (Å²) in [4.78, 5) is 22.4. The first-order valence-corrected chi connectivity index (χ1v) is 11.3. The first kappa shape index (κ1) is 24.8. The highest BCUT2D eigenvalue weighted by Gasteiger charge is 2.23. The van der Waals surface area contributed by atoms with Gasteiger partial charge < -0.3 is 14.4 Å². The van der Waals surface area contributed by atoms with E-state index in [4.69, 9.17) is 14.5 Å². The molecule has 1 heterocycles. The van der Waals surface area contributed by atoms with Crippen LogP contribution >= 0.6 is 23.7 Å². The summed E-state index contributed by atoms with van der Waals surface area (Å²) in [5, 5.41) is 2.79. The number of amides is 1. The molecule has 0 fully saturated rings. The molecular weight excluding hydrogens is 458 g/mol. The molecule has 1 amide bonds. The minimum Gasteiger partial charge on any atom is -0.495 e. The first-order valence-electron chi connectivity index (χ1n) is 10.5. The number of fused-ring (bicyclic) bond motifs is 2. The van der Waals surface area contributed by atoms with Crippen molar-refractivity contribution in [1.29, 1.82) is 0 Å². The number of thiazole rings is 1. The van der Waals surface area contributed by atoms with Gasteiger partial charge in [0.25, 0.3) is 5.91 Å². The lowest BCUT2D eigenvalue weighted by Crippen LogP contribution is -2.33. The molecule has 3 aromatic carbocycles. The number of anilines is 1. The predicted octanol–water partition coefficient (Wildman–Crippen LogP) is 5.49. The number of benzene rings is 3. The van der Waals surface area contributed by atoms with Crippen LogP contribution in [-0.2, 0) is 0 Å². The molecule has 0 N–H and O–H groups in total. The molecule has 33 heavy (non-hydrogen) atoms. The van der Waals surface area contributed by atoms with E-state index in [9.17, 15) is 4.79 Å². The van der Waals surface area contributed by atoms with Crippen LogP contribution in [0.3, 0.4) is 0 Å². The Kier molecular flexibility index (Phi) is 8.13. The predicted molar refractivity (Wildman–Crippen MR) is 139 cm³/mol. The van der Waals surface area contributed by atoms with Crippen molar-refractivity contribution in [3.05, 3.63) is 60.2 Å². The van der Waals surface area contributed by atoms with Gasteiger partial charge in [-0.25, -0.2) is 4.98 Å². The minimum atomic E-state index is -0.0634. The summed E-state index contributed by atoms with van der Waals surface area (Å²) in [5.74, 6) is 1.32. The van der Waals surface area contributed by atoms with Gasteiger partial charge in [0.2, 0.25) is 0 Å². The normalized spacial score (nSPS) is 10.9. The highest BCUT2D eigenvalue weighted by Crippen LogP contribution is 2.40. The van der Waals surface area contributed by atoms with Gasteiger partial charge in [-0.2, -0.15) is 0 Å². The van der Waals surface area contributed by atoms with Crippen LogP contribution in [0.5, 0.6) is 11.5 Å². The molecule has 0 saturated heterocycles. The second-order valence-electron chi connectivity index (χ2n) is 7.82. The highest BCUT2D eigenvalue weighted by molar-refractivity contribution is 7.22. The largest absolute Gasteiger partial charge is 0.495 e. The van der Waals surface area contributed by atoms with Crippen molar-refractivity contribution in [3.63, 3.8) is 0 Å². The molecule has 0 spiro atoms. The second-order valence-corrected chi connectivity index (χ2v) is 8.80. The van der Waals surface area contributed by atoms with Gasteiger partial charge in [0.15, 0.2) is 5.13 Å². The Hall–Kier alpha value is -2.87. The summed E-state index contributed by atoms with van der Waals surface area (Å²) in [6, 6.07) is 17.6. The molecule has 6 nitrogen and oxygen atoms in total. The number of hydrogen-bond acceptors (Lipinski definition) is 6. The number of aromatic nitrogens is 1. The fourth-order valence-corrected chi connectivity index (χ4v) is 4.80. The summed E-state index contributed by atoms with van der Waals surface area (Å²) in [6.45, 7) is 1.44. The van der Waals surface area contributed by atoms with Crippen LogP contribution in [0.4, 0.5) is 5.13 Å². The van der Waals surface area contributed by atoms with Crippen LogP contribution in [0.15, 0.2) is 54.6 Å². The molecule has 0 atom stereocenters. The molecule has 0 saturated carbocycles. The molecule has 0 aliphatic heterocycles. The lowest BCUT2D eigenvalue weighted by atomic mass is 10.1. The number of carbonyl (C=O) groups is 1. The third-order valence-corrected chi connectivity index (χ3v) is 6.45. The van der Waals surface area contributed by atoms with Gasteiger partial charge >= 0.3 is 0 Å². The fourth-order valence-electron chi connectivity index (χ4n) is 3.70. The molecule has 0 unspecified atom stereocenters. The Morgan fingerprint density at radius 1 is 0.939 bits per heavy atom. The van der Waals surface area contributed by atoms with Crippen molar-refractivity contribution in [1.82, 2.24) is 9.88 Å². The van der Waals surface area contributed by atoms with E-state index >= 15 is 0 Å². The SMILES string of the molecule is COc1ccc(OC)c2sc(N(CCCN(C)C)C(=O)c3ccc4ccccc4c3)nc12.Cl. The third kappa shape index (κ3) is 5.21. The van der Waals surface area contributed by atoms with Crippen LogP contribution in [-0.4, -0.2) is 57.2 Å². The standard InChI is InChI=1S/C25H27N3O3S.ClH/c1-27(2)14-7-15-28(24(29)19-11-10-17-8-5-6-9-18(17)16-19)25-26-22-20(30-3)12-13-21(31-4)23(22)32-25;/h5-6,8-13,16H,7,14-15H2,1-4H3;1H. The summed E-state index contributed by atoms with van der Waals surface area (Å²) < 4.78 is 11.9. The zero-order chi connectivity index (χ0) is 22.7. The molecule has 8 heteroatoms. The maximum atomic E-state index is 13.7. The number of carbonyl (C=O) groups excluding carboxylic acids is 1. The quantitative estimate of drug-likeness (QED) is 0.330. The molecule has 0 radical (unpaired) electrons. The van der Waals surface area contributed by atoms with Crippen LogP contribution < -0.4 is 14.4 Å². The number of methoxy groups -OCH3 is 2. The van der Waals surface area contributed by atoms with Crippen LogP contribution in [0.1, 0.15) is 16.8 Å². The Balaban J connectivity index is 0.00000306. The zero-order valence-electron chi connectivity index (χ0n) is 19.2. The van der Waals surface area contributed by atoms with Gasteiger partial charge in [-0.3, -0.25) is 9.69 Å². The first-order chi connectivity index (χ1) is 15.5. The second kappa shape index (κ2) is 10.8. The number of rotatable bonds is 8. The third-order valence-electron chi connectivity index (χ3n) is 5.36. The van der Waals surface area contributed by atoms with E-state index in [0.717, 1.165) is 34.2 Å². The van der Waals surface area contributed by atoms with Crippen LogP contribution in [0, 0.1) is 0 Å². The van der Waals surface area contributed by atoms with Crippen molar-refractivity contribution in [3.8, 4) is 11.5 Å².